The molecular weight excluding hydrogens is 302 g/mol. The molecule has 2 aromatic carbocycles. The van der Waals surface area contributed by atoms with Gasteiger partial charge in [0.1, 0.15) is 0 Å². The van der Waals surface area contributed by atoms with E-state index in [1.807, 2.05) is 44.2 Å². The highest BCUT2D eigenvalue weighted by Gasteiger charge is 2.13. The Morgan fingerprint density at radius 2 is 1.74 bits per heavy atom. The molecule has 0 aliphatic heterocycles. The summed E-state index contributed by atoms with van der Waals surface area (Å²) >= 11 is 3.39. The first-order valence-electron chi connectivity index (χ1n) is 6.20. The standard InChI is InChI=1S/C16H16BrNO/c1-11-7-9-13(10-8-11)12(2)18-16(19)14-5-3-4-6-15(14)17/h3-10,12H,1-2H3,(H,18,19)/t12-/m1/s1. The van der Waals surface area contributed by atoms with E-state index in [0.29, 0.717) is 5.56 Å². The first kappa shape index (κ1) is 13.8. The number of amides is 1. The van der Waals surface area contributed by atoms with E-state index in [1.165, 1.54) is 5.56 Å². The lowest BCUT2D eigenvalue weighted by molar-refractivity contribution is 0.0939. The van der Waals surface area contributed by atoms with Crippen molar-refractivity contribution in [2.45, 2.75) is 19.9 Å². The Morgan fingerprint density at radius 3 is 2.37 bits per heavy atom. The smallest absolute Gasteiger partial charge is 0.252 e. The van der Waals surface area contributed by atoms with E-state index in [1.54, 1.807) is 6.07 Å². The van der Waals surface area contributed by atoms with Gasteiger partial charge >= 0.3 is 0 Å². The van der Waals surface area contributed by atoms with Crippen molar-refractivity contribution in [1.29, 1.82) is 0 Å². The molecule has 0 fully saturated rings. The summed E-state index contributed by atoms with van der Waals surface area (Å²) in [6.45, 7) is 4.04. The molecule has 2 nitrogen and oxygen atoms in total. The molecule has 19 heavy (non-hydrogen) atoms. The fourth-order valence-corrected chi connectivity index (χ4v) is 2.32. The van der Waals surface area contributed by atoms with E-state index in [0.717, 1.165) is 10.0 Å². The molecule has 1 atom stereocenters. The van der Waals surface area contributed by atoms with E-state index in [9.17, 15) is 4.79 Å². The molecule has 0 aliphatic carbocycles. The SMILES string of the molecule is Cc1ccc([C@@H](C)NC(=O)c2ccccc2Br)cc1. The lowest BCUT2D eigenvalue weighted by atomic mass is 10.1. The molecular formula is C16H16BrNO. The quantitative estimate of drug-likeness (QED) is 0.901. The Bertz CT molecular complexity index is 578. The molecule has 98 valence electrons. The van der Waals surface area contributed by atoms with Crippen LogP contribution in [-0.4, -0.2) is 5.91 Å². The van der Waals surface area contributed by atoms with E-state index in [-0.39, 0.29) is 11.9 Å². The third kappa shape index (κ3) is 3.44. The predicted octanol–water partition coefficient (Wildman–Crippen LogP) is 4.25. The number of nitrogens with one attached hydrogen (secondary N) is 1. The minimum Gasteiger partial charge on any atom is -0.345 e. The molecule has 0 spiro atoms. The maximum Gasteiger partial charge on any atom is 0.252 e. The summed E-state index contributed by atoms with van der Waals surface area (Å²) in [4.78, 5) is 12.2. The Kier molecular flexibility index (Phi) is 4.38. The molecule has 2 aromatic rings. The summed E-state index contributed by atoms with van der Waals surface area (Å²) in [5.74, 6) is -0.0689. The molecule has 0 radical (unpaired) electrons. The van der Waals surface area contributed by atoms with Crippen molar-refractivity contribution in [3.8, 4) is 0 Å². The number of hydrogen-bond donors (Lipinski definition) is 1. The van der Waals surface area contributed by atoms with Crippen LogP contribution in [0.25, 0.3) is 0 Å². The molecule has 0 saturated heterocycles. The summed E-state index contributed by atoms with van der Waals surface area (Å²) < 4.78 is 0.809. The number of aryl methyl sites for hydroxylation is 1. The molecule has 1 N–H and O–H groups in total. The number of hydrogen-bond acceptors (Lipinski definition) is 1. The first-order valence-corrected chi connectivity index (χ1v) is 6.99. The fourth-order valence-electron chi connectivity index (χ4n) is 1.86. The first-order chi connectivity index (χ1) is 9.08. The van der Waals surface area contributed by atoms with E-state index < -0.39 is 0 Å². The normalized spacial score (nSPS) is 11.9. The fraction of sp³-hybridized carbons (Fsp3) is 0.188. The van der Waals surface area contributed by atoms with Crippen molar-refractivity contribution in [2.24, 2.45) is 0 Å². The third-order valence-electron chi connectivity index (χ3n) is 3.04. The molecule has 2 rings (SSSR count). The zero-order valence-electron chi connectivity index (χ0n) is 11.0. The minimum atomic E-state index is -0.0689. The molecule has 0 heterocycles. The molecule has 0 aliphatic rings. The van der Waals surface area contributed by atoms with Gasteiger partial charge in [0.05, 0.1) is 11.6 Å². The van der Waals surface area contributed by atoms with Crippen LogP contribution in [0.4, 0.5) is 0 Å². The summed E-state index contributed by atoms with van der Waals surface area (Å²) in [5, 5.41) is 3.00. The largest absolute Gasteiger partial charge is 0.345 e. The van der Waals surface area contributed by atoms with E-state index in [2.05, 4.69) is 33.4 Å². The second-order valence-corrected chi connectivity index (χ2v) is 5.44. The zero-order valence-corrected chi connectivity index (χ0v) is 12.6. The highest BCUT2D eigenvalue weighted by atomic mass is 79.9. The van der Waals surface area contributed by atoms with Crippen LogP contribution in [0.15, 0.2) is 53.0 Å². The van der Waals surface area contributed by atoms with Gasteiger partial charge in [-0.05, 0) is 47.5 Å². The van der Waals surface area contributed by atoms with Crippen molar-refractivity contribution < 1.29 is 4.79 Å². The Hall–Kier alpha value is -1.61. The molecule has 0 unspecified atom stereocenters. The van der Waals surface area contributed by atoms with Crippen molar-refractivity contribution in [2.75, 3.05) is 0 Å². The maximum absolute atomic E-state index is 12.2. The van der Waals surface area contributed by atoms with Gasteiger partial charge in [-0.15, -0.1) is 0 Å². The van der Waals surface area contributed by atoms with Gasteiger partial charge < -0.3 is 5.32 Å². The second kappa shape index (κ2) is 6.02. The van der Waals surface area contributed by atoms with Crippen LogP contribution >= 0.6 is 15.9 Å². The van der Waals surface area contributed by atoms with Crippen LogP contribution in [-0.2, 0) is 0 Å². The summed E-state index contributed by atoms with van der Waals surface area (Å²) in [7, 11) is 0. The number of benzene rings is 2. The van der Waals surface area contributed by atoms with Crippen LogP contribution in [0.2, 0.25) is 0 Å². The van der Waals surface area contributed by atoms with Gasteiger partial charge in [0.15, 0.2) is 0 Å². The molecule has 1 amide bonds. The Labute approximate surface area is 122 Å². The predicted molar refractivity (Wildman–Crippen MR) is 81.2 cm³/mol. The monoisotopic (exact) mass is 317 g/mol. The summed E-state index contributed by atoms with van der Waals surface area (Å²) in [6.07, 6.45) is 0. The Morgan fingerprint density at radius 1 is 1.11 bits per heavy atom. The van der Waals surface area contributed by atoms with Gasteiger partial charge in [-0.1, -0.05) is 42.0 Å². The Balaban J connectivity index is 2.11. The number of carbonyl (C=O) groups is 1. The lowest BCUT2D eigenvalue weighted by Crippen LogP contribution is -2.26. The van der Waals surface area contributed by atoms with Crippen molar-refractivity contribution in [3.63, 3.8) is 0 Å². The minimum absolute atomic E-state index is 0.0137. The average molecular weight is 318 g/mol. The molecule has 0 saturated carbocycles. The van der Waals surface area contributed by atoms with Gasteiger partial charge in [0.2, 0.25) is 0 Å². The summed E-state index contributed by atoms with van der Waals surface area (Å²) in [5.41, 5.74) is 2.97. The average Bonchev–Trinajstić information content (AvgIpc) is 2.39. The maximum atomic E-state index is 12.2. The van der Waals surface area contributed by atoms with Gasteiger partial charge in [0.25, 0.3) is 5.91 Å². The van der Waals surface area contributed by atoms with E-state index >= 15 is 0 Å². The summed E-state index contributed by atoms with van der Waals surface area (Å²) in [6, 6.07) is 15.6. The van der Waals surface area contributed by atoms with Gasteiger partial charge in [-0.2, -0.15) is 0 Å². The third-order valence-corrected chi connectivity index (χ3v) is 3.73. The highest BCUT2D eigenvalue weighted by Crippen LogP contribution is 2.18. The van der Waals surface area contributed by atoms with Crippen LogP contribution in [0, 0.1) is 6.92 Å². The number of halogens is 1. The highest BCUT2D eigenvalue weighted by molar-refractivity contribution is 9.10. The van der Waals surface area contributed by atoms with Gasteiger partial charge in [-0.25, -0.2) is 0 Å². The van der Waals surface area contributed by atoms with Crippen LogP contribution in [0.1, 0.15) is 34.5 Å². The van der Waals surface area contributed by atoms with Crippen LogP contribution in [0.3, 0.4) is 0 Å². The van der Waals surface area contributed by atoms with Crippen LogP contribution in [0.5, 0.6) is 0 Å². The number of carbonyl (C=O) groups excluding carboxylic acids is 1. The lowest BCUT2D eigenvalue weighted by Gasteiger charge is -2.15. The topological polar surface area (TPSA) is 29.1 Å². The van der Waals surface area contributed by atoms with Crippen molar-refractivity contribution >= 4 is 21.8 Å². The molecule has 0 aromatic heterocycles. The molecule has 3 heteroatoms. The second-order valence-electron chi connectivity index (χ2n) is 4.59. The van der Waals surface area contributed by atoms with Crippen LogP contribution < -0.4 is 5.32 Å². The number of rotatable bonds is 3. The molecule has 0 bridgehead atoms. The van der Waals surface area contributed by atoms with Crippen molar-refractivity contribution in [3.05, 3.63) is 69.7 Å². The van der Waals surface area contributed by atoms with E-state index in [4.69, 9.17) is 0 Å². The van der Waals surface area contributed by atoms with Gasteiger partial charge in [0, 0.05) is 4.47 Å². The zero-order chi connectivity index (χ0) is 13.8. The van der Waals surface area contributed by atoms with Gasteiger partial charge in [-0.3, -0.25) is 4.79 Å². The van der Waals surface area contributed by atoms with Crippen molar-refractivity contribution in [1.82, 2.24) is 5.32 Å².